The number of hydrogen-bond acceptors (Lipinski definition) is 2. The van der Waals surface area contributed by atoms with Gasteiger partial charge in [-0.15, -0.1) is 0 Å². The van der Waals surface area contributed by atoms with E-state index in [0.29, 0.717) is 6.61 Å². The summed E-state index contributed by atoms with van der Waals surface area (Å²) < 4.78 is 4.96. The van der Waals surface area contributed by atoms with Gasteiger partial charge in [0, 0.05) is 5.69 Å². The van der Waals surface area contributed by atoms with Gasteiger partial charge in [-0.25, -0.2) is 4.79 Å². The molecule has 0 heterocycles. The largest absolute Gasteiger partial charge is 0.449 e. The molecule has 0 unspecified atom stereocenters. The highest BCUT2D eigenvalue weighted by Gasteiger charge is 2.02. The summed E-state index contributed by atoms with van der Waals surface area (Å²) in [5, 5.41) is 2.69. The molecule has 0 bridgehead atoms. The van der Waals surface area contributed by atoms with Crippen LogP contribution < -0.4 is 5.32 Å². The second-order valence-corrected chi connectivity index (χ2v) is 4.20. The molecule has 0 spiro atoms. The van der Waals surface area contributed by atoms with Crippen molar-refractivity contribution in [2.45, 2.75) is 13.3 Å². The molecule has 0 radical (unpaired) electrons. The number of hydrogen-bond donors (Lipinski definition) is 1. The highest BCUT2D eigenvalue weighted by atomic mass is 16.5. The van der Waals surface area contributed by atoms with Gasteiger partial charge < -0.3 is 4.74 Å². The van der Waals surface area contributed by atoms with Crippen molar-refractivity contribution in [1.29, 1.82) is 0 Å². The van der Waals surface area contributed by atoms with E-state index in [1.54, 1.807) is 0 Å². The lowest BCUT2D eigenvalue weighted by Crippen LogP contribution is -2.13. The normalized spacial score (nSPS) is 9.95. The fraction of sp³-hybridized carbons (Fsp3) is 0.188. The molecule has 0 atom stereocenters. The third-order valence-corrected chi connectivity index (χ3v) is 2.68. The molecule has 2 rings (SSSR count). The first-order chi connectivity index (χ1) is 9.29. The highest BCUT2D eigenvalue weighted by Crippen LogP contribution is 2.20. The monoisotopic (exact) mass is 255 g/mol. The van der Waals surface area contributed by atoms with Gasteiger partial charge in [0.15, 0.2) is 0 Å². The molecular weight excluding hydrogens is 238 g/mol. The van der Waals surface area contributed by atoms with Gasteiger partial charge in [-0.05, 0) is 29.7 Å². The van der Waals surface area contributed by atoms with Gasteiger partial charge in [0.2, 0.25) is 0 Å². The van der Waals surface area contributed by atoms with Crippen LogP contribution >= 0.6 is 0 Å². The van der Waals surface area contributed by atoms with Crippen LogP contribution in [0.25, 0.3) is 11.1 Å². The Morgan fingerprint density at radius 2 is 1.63 bits per heavy atom. The Bertz CT molecular complexity index is 520. The molecule has 98 valence electrons. The summed E-state index contributed by atoms with van der Waals surface area (Å²) >= 11 is 0. The van der Waals surface area contributed by atoms with Crippen LogP contribution in [0.5, 0.6) is 0 Å². The molecule has 0 aromatic heterocycles. The lowest BCUT2D eigenvalue weighted by molar-refractivity contribution is 0.161. The Morgan fingerprint density at radius 3 is 2.26 bits per heavy atom. The number of carbonyl (C=O) groups is 1. The second-order valence-electron chi connectivity index (χ2n) is 4.20. The van der Waals surface area contributed by atoms with Gasteiger partial charge >= 0.3 is 6.09 Å². The summed E-state index contributed by atoms with van der Waals surface area (Å²) in [5.74, 6) is 0. The zero-order valence-electron chi connectivity index (χ0n) is 10.9. The summed E-state index contributed by atoms with van der Waals surface area (Å²) in [4.78, 5) is 11.4. The van der Waals surface area contributed by atoms with Gasteiger partial charge in [0.1, 0.15) is 0 Å². The molecule has 0 fully saturated rings. The van der Waals surface area contributed by atoms with Crippen LogP contribution in [0.1, 0.15) is 13.3 Å². The van der Waals surface area contributed by atoms with Crippen molar-refractivity contribution in [3.63, 3.8) is 0 Å². The maximum atomic E-state index is 11.4. The fourth-order valence-corrected chi connectivity index (χ4v) is 1.73. The fourth-order valence-electron chi connectivity index (χ4n) is 1.73. The van der Waals surface area contributed by atoms with Crippen LogP contribution in [0.15, 0.2) is 54.6 Å². The van der Waals surface area contributed by atoms with Crippen molar-refractivity contribution in [1.82, 2.24) is 0 Å². The van der Waals surface area contributed by atoms with E-state index in [4.69, 9.17) is 4.74 Å². The van der Waals surface area contributed by atoms with Crippen molar-refractivity contribution in [3.8, 4) is 11.1 Å². The van der Waals surface area contributed by atoms with Crippen molar-refractivity contribution in [2.75, 3.05) is 11.9 Å². The van der Waals surface area contributed by atoms with E-state index in [0.717, 1.165) is 23.2 Å². The molecule has 3 nitrogen and oxygen atoms in total. The first-order valence-corrected chi connectivity index (χ1v) is 6.39. The van der Waals surface area contributed by atoms with Crippen molar-refractivity contribution in [3.05, 3.63) is 54.6 Å². The molecule has 1 N–H and O–H groups in total. The second kappa shape index (κ2) is 6.59. The Kier molecular flexibility index (Phi) is 4.56. The number of rotatable bonds is 4. The topological polar surface area (TPSA) is 38.3 Å². The van der Waals surface area contributed by atoms with E-state index in [2.05, 4.69) is 17.4 Å². The predicted octanol–water partition coefficient (Wildman–Crippen LogP) is 4.31. The quantitative estimate of drug-likeness (QED) is 0.884. The molecule has 1 amide bonds. The van der Waals surface area contributed by atoms with E-state index in [9.17, 15) is 4.79 Å². The predicted molar refractivity (Wildman–Crippen MR) is 77.1 cm³/mol. The van der Waals surface area contributed by atoms with E-state index >= 15 is 0 Å². The van der Waals surface area contributed by atoms with E-state index in [1.165, 1.54) is 0 Å². The van der Waals surface area contributed by atoms with Crippen LogP contribution in [0.3, 0.4) is 0 Å². The van der Waals surface area contributed by atoms with Gasteiger partial charge in [0.25, 0.3) is 0 Å². The number of benzene rings is 2. The Morgan fingerprint density at radius 1 is 1.00 bits per heavy atom. The molecule has 0 saturated heterocycles. The molecule has 0 saturated carbocycles. The molecular formula is C16H17NO2. The minimum atomic E-state index is -0.408. The summed E-state index contributed by atoms with van der Waals surface area (Å²) in [7, 11) is 0. The average molecular weight is 255 g/mol. The SMILES string of the molecule is CCCOC(=O)Nc1ccc(-c2ccccc2)cc1. The molecule has 2 aromatic rings. The molecule has 0 aliphatic carbocycles. The summed E-state index contributed by atoms with van der Waals surface area (Å²) in [6.45, 7) is 2.40. The van der Waals surface area contributed by atoms with E-state index in [-0.39, 0.29) is 0 Å². The number of nitrogens with one attached hydrogen (secondary N) is 1. The minimum Gasteiger partial charge on any atom is -0.449 e. The number of amides is 1. The molecule has 0 aliphatic rings. The Balaban J connectivity index is 2.01. The van der Waals surface area contributed by atoms with Crippen LogP contribution in [0.2, 0.25) is 0 Å². The third kappa shape index (κ3) is 3.85. The Hall–Kier alpha value is -2.29. The molecule has 19 heavy (non-hydrogen) atoms. The summed E-state index contributed by atoms with van der Waals surface area (Å²) in [6, 6.07) is 17.8. The van der Waals surface area contributed by atoms with Gasteiger partial charge in [0.05, 0.1) is 6.61 Å². The third-order valence-electron chi connectivity index (χ3n) is 2.68. The summed E-state index contributed by atoms with van der Waals surface area (Å²) in [5.41, 5.74) is 3.01. The van der Waals surface area contributed by atoms with Gasteiger partial charge in [-0.2, -0.15) is 0 Å². The lowest BCUT2D eigenvalue weighted by Gasteiger charge is -2.07. The smallest absolute Gasteiger partial charge is 0.411 e. The lowest BCUT2D eigenvalue weighted by atomic mass is 10.1. The van der Waals surface area contributed by atoms with Crippen molar-refractivity contribution >= 4 is 11.8 Å². The zero-order valence-corrected chi connectivity index (χ0v) is 10.9. The van der Waals surface area contributed by atoms with E-state index in [1.807, 2.05) is 49.4 Å². The van der Waals surface area contributed by atoms with Crippen LogP contribution in [0, 0.1) is 0 Å². The maximum absolute atomic E-state index is 11.4. The van der Waals surface area contributed by atoms with Crippen LogP contribution in [-0.2, 0) is 4.74 Å². The van der Waals surface area contributed by atoms with Crippen molar-refractivity contribution < 1.29 is 9.53 Å². The standard InChI is InChI=1S/C16H17NO2/c1-2-12-19-16(18)17-15-10-8-14(9-11-15)13-6-4-3-5-7-13/h3-11H,2,12H2,1H3,(H,17,18). The van der Waals surface area contributed by atoms with Gasteiger partial charge in [-0.3, -0.25) is 5.32 Å². The zero-order chi connectivity index (χ0) is 13.5. The van der Waals surface area contributed by atoms with Gasteiger partial charge in [-0.1, -0.05) is 49.4 Å². The number of ether oxygens (including phenoxy) is 1. The van der Waals surface area contributed by atoms with Crippen molar-refractivity contribution in [2.24, 2.45) is 0 Å². The average Bonchev–Trinajstić information content (AvgIpc) is 2.47. The Labute approximate surface area is 113 Å². The number of carbonyl (C=O) groups excluding carboxylic acids is 1. The number of anilines is 1. The van der Waals surface area contributed by atoms with Crippen LogP contribution in [-0.4, -0.2) is 12.7 Å². The first kappa shape index (κ1) is 13.1. The maximum Gasteiger partial charge on any atom is 0.411 e. The highest BCUT2D eigenvalue weighted by molar-refractivity contribution is 5.85. The molecule has 0 aliphatic heterocycles. The molecule has 2 aromatic carbocycles. The first-order valence-electron chi connectivity index (χ1n) is 6.39. The minimum absolute atomic E-state index is 0.408. The molecule has 3 heteroatoms. The summed E-state index contributed by atoms with van der Waals surface area (Å²) in [6.07, 6.45) is 0.412. The van der Waals surface area contributed by atoms with Crippen LogP contribution in [0.4, 0.5) is 10.5 Å². The van der Waals surface area contributed by atoms with E-state index < -0.39 is 6.09 Å².